The lowest BCUT2D eigenvalue weighted by molar-refractivity contribution is 0.263. The molecule has 4 nitrogen and oxygen atoms in total. The van der Waals surface area contributed by atoms with Gasteiger partial charge in [0.25, 0.3) is 0 Å². The average Bonchev–Trinajstić information content (AvgIpc) is 2.26. The van der Waals surface area contributed by atoms with Crippen molar-refractivity contribution in [3.63, 3.8) is 0 Å². The maximum atomic E-state index is 8.57. The van der Waals surface area contributed by atoms with Gasteiger partial charge in [0.2, 0.25) is 0 Å². The van der Waals surface area contributed by atoms with Gasteiger partial charge in [-0.3, -0.25) is 0 Å². The van der Waals surface area contributed by atoms with E-state index in [0.29, 0.717) is 36.1 Å². The monoisotopic (exact) mass is 243 g/mol. The SMILES string of the molecule is CCC(CC(N)=NO)NCC(C(C)C)C(C)C. The Hall–Kier alpha value is -0.770. The molecule has 0 fully saturated rings. The Morgan fingerprint density at radius 3 is 2.12 bits per heavy atom. The van der Waals surface area contributed by atoms with Crippen LogP contribution < -0.4 is 11.1 Å². The summed E-state index contributed by atoms with van der Waals surface area (Å²) in [6.07, 6.45) is 1.59. The van der Waals surface area contributed by atoms with Gasteiger partial charge in [-0.1, -0.05) is 39.8 Å². The van der Waals surface area contributed by atoms with Crippen LogP contribution in [0.15, 0.2) is 5.16 Å². The molecule has 1 atom stereocenters. The minimum Gasteiger partial charge on any atom is -0.409 e. The van der Waals surface area contributed by atoms with Crippen molar-refractivity contribution in [3.05, 3.63) is 0 Å². The number of nitrogens with two attached hydrogens (primary N) is 1. The number of oxime groups is 1. The minimum absolute atomic E-state index is 0.297. The predicted octanol–water partition coefficient (Wildman–Crippen LogP) is 2.42. The normalized spacial score (nSPS) is 14.9. The first-order valence-corrected chi connectivity index (χ1v) is 6.62. The molecular weight excluding hydrogens is 214 g/mol. The first-order chi connectivity index (χ1) is 7.92. The zero-order valence-electron chi connectivity index (χ0n) is 11.9. The van der Waals surface area contributed by atoms with E-state index >= 15 is 0 Å². The van der Waals surface area contributed by atoms with Crippen LogP contribution in [0.5, 0.6) is 0 Å². The maximum absolute atomic E-state index is 8.57. The van der Waals surface area contributed by atoms with Gasteiger partial charge < -0.3 is 16.3 Å². The van der Waals surface area contributed by atoms with Crippen molar-refractivity contribution in [3.8, 4) is 0 Å². The fraction of sp³-hybridized carbons (Fsp3) is 0.923. The predicted molar refractivity (Wildman–Crippen MR) is 73.3 cm³/mol. The van der Waals surface area contributed by atoms with Crippen molar-refractivity contribution in [2.75, 3.05) is 6.54 Å². The fourth-order valence-corrected chi connectivity index (χ4v) is 2.20. The highest BCUT2D eigenvalue weighted by molar-refractivity contribution is 5.80. The third-order valence-electron chi connectivity index (χ3n) is 3.43. The average molecular weight is 243 g/mol. The van der Waals surface area contributed by atoms with Gasteiger partial charge in [0.1, 0.15) is 5.84 Å². The molecule has 0 radical (unpaired) electrons. The van der Waals surface area contributed by atoms with Crippen molar-refractivity contribution in [1.29, 1.82) is 0 Å². The second-order valence-electron chi connectivity index (χ2n) is 5.46. The van der Waals surface area contributed by atoms with E-state index < -0.39 is 0 Å². The Bertz CT molecular complexity index is 219. The molecule has 0 amide bonds. The lowest BCUT2D eigenvalue weighted by Gasteiger charge is -2.27. The van der Waals surface area contributed by atoms with Crippen LogP contribution in [0.4, 0.5) is 0 Å². The first kappa shape index (κ1) is 16.2. The molecule has 0 aromatic heterocycles. The highest BCUT2D eigenvalue weighted by atomic mass is 16.4. The summed E-state index contributed by atoms with van der Waals surface area (Å²) < 4.78 is 0. The summed E-state index contributed by atoms with van der Waals surface area (Å²) in [4.78, 5) is 0. The van der Waals surface area contributed by atoms with Gasteiger partial charge in [-0.15, -0.1) is 0 Å². The molecule has 0 aromatic carbocycles. The zero-order chi connectivity index (χ0) is 13.4. The Balaban J connectivity index is 4.20. The van der Waals surface area contributed by atoms with Crippen LogP contribution in [0.3, 0.4) is 0 Å². The van der Waals surface area contributed by atoms with Gasteiger partial charge in [0, 0.05) is 12.5 Å². The minimum atomic E-state index is 0.297. The van der Waals surface area contributed by atoms with Gasteiger partial charge >= 0.3 is 0 Å². The van der Waals surface area contributed by atoms with Crippen molar-refractivity contribution in [2.45, 2.75) is 53.5 Å². The Kier molecular flexibility index (Phi) is 7.96. The molecule has 0 spiro atoms. The smallest absolute Gasteiger partial charge is 0.140 e. The first-order valence-electron chi connectivity index (χ1n) is 6.62. The van der Waals surface area contributed by atoms with Crippen LogP contribution in [-0.4, -0.2) is 23.6 Å². The second kappa shape index (κ2) is 8.34. The van der Waals surface area contributed by atoms with Gasteiger partial charge in [-0.05, 0) is 30.7 Å². The van der Waals surface area contributed by atoms with Gasteiger partial charge in [-0.25, -0.2) is 0 Å². The standard InChI is InChI=1S/C13H29N3O/c1-6-11(7-13(14)16-17)15-8-12(9(2)3)10(4)5/h9-12,15,17H,6-8H2,1-5H3,(H2,14,16). The molecule has 0 aliphatic carbocycles. The molecule has 0 aromatic rings. The van der Waals surface area contributed by atoms with Crippen LogP contribution in [0.2, 0.25) is 0 Å². The summed E-state index contributed by atoms with van der Waals surface area (Å²) in [7, 11) is 0. The van der Waals surface area contributed by atoms with E-state index in [-0.39, 0.29) is 0 Å². The molecule has 0 saturated carbocycles. The summed E-state index contributed by atoms with van der Waals surface area (Å²) in [6, 6.07) is 0.297. The maximum Gasteiger partial charge on any atom is 0.140 e. The Morgan fingerprint density at radius 1 is 1.24 bits per heavy atom. The Morgan fingerprint density at radius 2 is 1.76 bits per heavy atom. The number of hydrogen-bond donors (Lipinski definition) is 3. The molecule has 4 heteroatoms. The summed E-state index contributed by atoms with van der Waals surface area (Å²) in [6.45, 7) is 12.1. The molecule has 0 bridgehead atoms. The van der Waals surface area contributed by atoms with E-state index in [9.17, 15) is 0 Å². The molecule has 0 saturated heterocycles. The lowest BCUT2D eigenvalue weighted by Crippen LogP contribution is -2.38. The van der Waals surface area contributed by atoms with Crippen molar-refractivity contribution < 1.29 is 5.21 Å². The van der Waals surface area contributed by atoms with Crippen molar-refractivity contribution in [2.24, 2.45) is 28.6 Å². The third-order valence-corrected chi connectivity index (χ3v) is 3.43. The van der Waals surface area contributed by atoms with Gasteiger partial charge in [0.05, 0.1) is 0 Å². The van der Waals surface area contributed by atoms with E-state index in [1.54, 1.807) is 0 Å². The summed E-state index contributed by atoms with van der Waals surface area (Å²) >= 11 is 0. The molecule has 4 N–H and O–H groups in total. The molecular formula is C13H29N3O. The summed E-state index contributed by atoms with van der Waals surface area (Å²) in [5, 5.41) is 15.1. The van der Waals surface area contributed by atoms with Crippen LogP contribution >= 0.6 is 0 Å². The van der Waals surface area contributed by atoms with E-state index in [1.165, 1.54) is 0 Å². The quantitative estimate of drug-likeness (QED) is 0.265. The second-order valence-corrected chi connectivity index (χ2v) is 5.46. The number of nitrogens with one attached hydrogen (secondary N) is 1. The summed E-state index contributed by atoms with van der Waals surface area (Å²) in [5.41, 5.74) is 5.54. The largest absolute Gasteiger partial charge is 0.409 e. The summed E-state index contributed by atoms with van der Waals surface area (Å²) in [5.74, 6) is 2.30. The molecule has 17 heavy (non-hydrogen) atoms. The number of hydrogen-bond acceptors (Lipinski definition) is 3. The molecule has 0 aliphatic heterocycles. The molecule has 0 aliphatic rings. The van der Waals surface area contributed by atoms with E-state index in [2.05, 4.69) is 45.1 Å². The van der Waals surface area contributed by atoms with E-state index in [1.807, 2.05) is 0 Å². The van der Waals surface area contributed by atoms with Gasteiger partial charge in [-0.2, -0.15) is 0 Å². The van der Waals surface area contributed by atoms with Gasteiger partial charge in [0.15, 0.2) is 0 Å². The zero-order valence-corrected chi connectivity index (χ0v) is 11.9. The number of nitrogens with zero attached hydrogens (tertiary/aromatic N) is 1. The molecule has 102 valence electrons. The van der Waals surface area contributed by atoms with Crippen LogP contribution in [0, 0.1) is 17.8 Å². The number of amidine groups is 1. The van der Waals surface area contributed by atoms with Crippen LogP contribution in [0.1, 0.15) is 47.5 Å². The van der Waals surface area contributed by atoms with Crippen LogP contribution in [0.25, 0.3) is 0 Å². The fourth-order valence-electron chi connectivity index (χ4n) is 2.20. The Labute approximate surface area is 106 Å². The number of rotatable bonds is 8. The molecule has 1 unspecified atom stereocenters. The lowest BCUT2D eigenvalue weighted by atomic mass is 9.85. The highest BCUT2D eigenvalue weighted by Gasteiger charge is 2.18. The van der Waals surface area contributed by atoms with E-state index in [0.717, 1.165) is 13.0 Å². The van der Waals surface area contributed by atoms with Crippen molar-refractivity contribution >= 4 is 5.84 Å². The van der Waals surface area contributed by atoms with E-state index in [4.69, 9.17) is 10.9 Å². The third kappa shape index (κ3) is 6.51. The van der Waals surface area contributed by atoms with Crippen molar-refractivity contribution in [1.82, 2.24) is 5.32 Å². The topological polar surface area (TPSA) is 70.6 Å². The molecule has 0 rings (SSSR count). The highest BCUT2D eigenvalue weighted by Crippen LogP contribution is 2.19. The van der Waals surface area contributed by atoms with Crippen LogP contribution in [-0.2, 0) is 0 Å². The molecule has 0 heterocycles.